The molecule has 1 aliphatic heterocycles. The molecule has 4 heteroatoms. The summed E-state index contributed by atoms with van der Waals surface area (Å²) in [4.78, 5) is 25.5. The molecule has 0 radical (unpaired) electrons. The molecule has 4 nitrogen and oxygen atoms in total. The first-order chi connectivity index (χ1) is 11.1. The fourth-order valence-corrected chi connectivity index (χ4v) is 2.80. The minimum atomic E-state index is -0.342. The van der Waals surface area contributed by atoms with E-state index in [9.17, 15) is 9.59 Å². The summed E-state index contributed by atoms with van der Waals surface area (Å²) in [5.41, 5.74) is 3.52. The number of carbonyl (C=O) groups is 2. The third-order valence-corrected chi connectivity index (χ3v) is 4.03. The maximum absolute atomic E-state index is 12.4. The van der Waals surface area contributed by atoms with Gasteiger partial charge in [-0.2, -0.15) is 0 Å². The van der Waals surface area contributed by atoms with E-state index in [0.29, 0.717) is 12.1 Å². The van der Waals surface area contributed by atoms with Crippen molar-refractivity contribution in [2.75, 3.05) is 11.4 Å². The number of Topliss-reactive ketones (excluding diaryl/α,β-unsaturated/α-hetero) is 1. The van der Waals surface area contributed by atoms with Crippen molar-refractivity contribution in [2.24, 2.45) is 0 Å². The van der Waals surface area contributed by atoms with Crippen LogP contribution in [0.15, 0.2) is 48.5 Å². The number of hydrogen-bond acceptors (Lipinski definition) is 3. The minimum absolute atomic E-state index is 0.0385. The Morgan fingerprint density at radius 3 is 2.65 bits per heavy atom. The number of aryl methyl sites for hydroxylation is 1. The lowest BCUT2D eigenvalue weighted by molar-refractivity contribution is 0.101. The monoisotopic (exact) mass is 309 g/mol. The third kappa shape index (κ3) is 3.42. The second-order valence-corrected chi connectivity index (χ2v) is 5.70. The molecule has 0 aliphatic carbocycles. The van der Waals surface area contributed by atoms with Gasteiger partial charge in [-0.05, 0) is 49.1 Å². The van der Waals surface area contributed by atoms with Gasteiger partial charge >= 0.3 is 6.09 Å². The Morgan fingerprint density at radius 2 is 1.91 bits per heavy atom. The lowest BCUT2D eigenvalue weighted by atomic mass is 9.98. The van der Waals surface area contributed by atoms with E-state index in [1.54, 1.807) is 17.9 Å². The predicted octanol–water partition coefficient (Wildman–Crippen LogP) is 3.98. The van der Waals surface area contributed by atoms with Crippen LogP contribution in [0.3, 0.4) is 0 Å². The van der Waals surface area contributed by atoms with Crippen LogP contribution in [0.4, 0.5) is 10.5 Å². The summed E-state index contributed by atoms with van der Waals surface area (Å²) in [5.74, 6) is 0.0385. The van der Waals surface area contributed by atoms with Gasteiger partial charge in [-0.1, -0.05) is 30.3 Å². The molecule has 1 amide bonds. The van der Waals surface area contributed by atoms with E-state index in [4.69, 9.17) is 4.74 Å². The van der Waals surface area contributed by atoms with E-state index in [1.165, 1.54) is 0 Å². The van der Waals surface area contributed by atoms with Crippen molar-refractivity contribution in [1.82, 2.24) is 0 Å². The number of nitrogens with zero attached hydrogens (tertiary/aromatic N) is 1. The molecule has 0 aromatic heterocycles. The molecule has 1 aliphatic rings. The van der Waals surface area contributed by atoms with E-state index < -0.39 is 0 Å². The van der Waals surface area contributed by atoms with Crippen LogP contribution in [0.5, 0.6) is 0 Å². The molecule has 0 spiro atoms. The minimum Gasteiger partial charge on any atom is -0.444 e. The van der Waals surface area contributed by atoms with Crippen molar-refractivity contribution >= 4 is 17.6 Å². The van der Waals surface area contributed by atoms with Gasteiger partial charge in [0.1, 0.15) is 6.61 Å². The molecule has 3 rings (SSSR count). The van der Waals surface area contributed by atoms with Crippen LogP contribution in [-0.2, 0) is 17.8 Å². The number of amides is 1. The highest BCUT2D eigenvalue weighted by atomic mass is 16.6. The Hall–Kier alpha value is -2.62. The highest BCUT2D eigenvalue weighted by Crippen LogP contribution is 2.29. The molecule has 0 saturated heterocycles. The molecule has 118 valence electrons. The summed E-state index contributed by atoms with van der Waals surface area (Å²) in [6.45, 7) is 2.45. The van der Waals surface area contributed by atoms with E-state index in [1.807, 2.05) is 42.5 Å². The summed E-state index contributed by atoms with van der Waals surface area (Å²) in [6.07, 6.45) is 1.40. The molecule has 0 N–H and O–H groups in total. The van der Waals surface area contributed by atoms with E-state index in [2.05, 4.69) is 0 Å². The number of carbonyl (C=O) groups excluding carboxylic acids is 2. The number of ketones is 1. The van der Waals surface area contributed by atoms with Gasteiger partial charge in [0.05, 0.1) is 5.69 Å². The van der Waals surface area contributed by atoms with Crippen molar-refractivity contribution in [3.05, 3.63) is 65.2 Å². The van der Waals surface area contributed by atoms with Crippen molar-refractivity contribution < 1.29 is 14.3 Å². The van der Waals surface area contributed by atoms with Gasteiger partial charge in [-0.3, -0.25) is 9.69 Å². The lowest BCUT2D eigenvalue weighted by Gasteiger charge is -2.29. The first-order valence-corrected chi connectivity index (χ1v) is 7.77. The quantitative estimate of drug-likeness (QED) is 0.806. The molecule has 0 fully saturated rings. The molecule has 2 aromatic carbocycles. The Morgan fingerprint density at radius 1 is 1.13 bits per heavy atom. The second-order valence-electron chi connectivity index (χ2n) is 5.70. The summed E-state index contributed by atoms with van der Waals surface area (Å²) in [7, 11) is 0. The van der Waals surface area contributed by atoms with Crippen molar-refractivity contribution in [2.45, 2.75) is 26.4 Å². The maximum atomic E-state index is 12.4. The number of hydrogen-bond donors (Lipinski definition) is 0. The second kappa shape index (κ2) is 6.65. The van der Waals surface area contributed by atoms with Gasteiger partial charge in [-0.25, -0.2) is 4.79 Å². The van der Waals surface area contributed by atoms with Crippen LogP contribution in [0.25, 0.3) is 0 Å². The average Bonchev–Trinajstić information content (AvgIpc) is 2.59. The summed E-state index contributed by atoms with van der Waals surface area (Å²) >= 11 is 0. The standard InChI is InChI=1S/C19H19NO3/c1-14(21)16-9-10-18-17(12-16)8-5-11-20(18)19(22)23-13-15-6-3-2-4-7-15/h2-4,6-7,9-10,12H,5,8,11,13H2,1H3. The van der Waals surface area contributed by atoms with Gasteiger partial charge < -0.3 is 4.74 Å². The smallest absolute Gasteiger partial charge is 0.414 e. The molecule has 1 heterocycles. The Kier molecular flexibility index (Phi) is 4.42. The molecule has 0 bridgehead atoms. The largest absolute Gasteiger partial charge is 0.444 e. The molecule has 0 atom stereocenters. The summed E-state index contributed by atoms with van der Waals surface area (Å²) < 4.78 is 5.42. The number of ether oxygens (including phenoxy) is 1. The van der Waals surface area contributed by atoms with Gasteiger partial charge in [0, 0.05) is 12.1 Å². The third-order valence-electron chi connectivity index (χ3n) is 4.03. The molecular formula is C19H19NO3. The van der Waals surface area contributed by atoms with Crippen LogP contribution >= 0.6 is 0 Å². The van der Waals surface area contributed by atoms with Crippen LogP contribution < -0.4 is 4.90 Å². The van der Waals surface area contributed by atoms with E-state index in [-0.39, 0.29) is 18.5 Å². The topological polar surface area (TPSA) is 46.6 Å². The first kappa shape index (κ1) is 15.3. The zero-order valence-electron chi connectivity index (χ0n) is 13.1. The highest BCUT2D eigenvalue weighted by molar-refractivity contribution is 5.96. The fraction of sp³-hybridized carbons (Fsp3) is 0.263. The highest BCUT2D eigenvalue weighted by Gasteiger charge is 2.24. The van der Waals surface area contributed by atoms with Crippen LogP contribution in [0, 0.1) is 0 Å². The van der Waals surface area contributed by atoms with E-state index in [0.717, 1.165) is 29.7 Å². The van der Waals surface area contributed by atoms with Gasteiger partial charge in [0.15, 0.2) is 5.78 Å². The Bertz CT molecular complexity index is 725. The predicted molar refractivity (Wildman–Crippen MR) is 88.7 cm³/mol. The Balaban J connectivity index is 1.74. The van der Waals surface area contributed by atoms with E-state index >= 15 is 0 Å². The molecular weight excluding hydrogens is 290 g/mol. The zero-order valence-corrected chi connectivity index (χ0v) is 13.1. The van der Waals surface area contributed by atoms with Gasteiger partial charge in [0.25, 0.3) is 0 Å². The number of rotatable bonds is 3. The van der Waals surface area contributed by atoms with Crippen LogP contribution in [0.1, 0.15) is 34.8 Å². The summed E-state index contributed by atoms with van der Waals surface area (Å²) in [5, 5.41) is 0. The maximum Gasteiger partial charge on any atom is 0.414 e. The van der Waals surface area contributed by atoms with Crippen molar-refractivity contribution in [3.63, 3.8) is 0 Å². The SMILES string of the molecule is CC(=O)c1ccc2c(c1)CCCN2C(=O)OCc1ccccc1. The summed E-state index contributed by atoms with van der Waals surface area (Å²) in [6, 6.07) is 15.1. The normalized spacial score (nSPS) is 13.3. The molecule has 2 aromatic rings. The van der Waals surface area contributed by atoms with Crippen molar-refractivity contribution in [3.8, 4) is 0 Å². The lowest BCUT2D eigenvalue weighted by Crippen LogP contribution is -2.35. The fourth-order valence-electron chi connectivity index (χ4n) is 2.80. The average molecular weight is 309 g/mol. The molecule has 0 unspecified atom stereocenters. The molecule has 0 saturated carbocycles. The number of fused-ring (bicyclic) bond motifs is 1. The molecule has 23 heavy (non-hydrogen) atoms. The van der Waals surface area contributed by atoms with Gasteiger partial charge in [-0.15, -0.1) is 0 Å². The van der Waals surface area contributed by atoms with Gasteiger partial charge in [0.2, 0.25) is 0 Å². The first-order valence-electron chi connectivity index (χ1n) is 7.77. The van der Waals surface area contributed by atoms with Crippen LogP contribution in [-0.4, -0.2) is 18.4 Å². The number of benzene rings is 2. The Labute approximate surface area is 135 Å². The van der Waals surface area contributed by atoms with Crippen molar-refractivity contribution in [1.29, 1.82) is 0 Å². The van der Waals surface area contributed by atoms with Crippen LogP contribution in [0.2, 0.25) is 0 Å². The number of anilines is 1. The zero-order chi connectivity index (χ0) is 16.2.